The second-order valence-electron chi connectivity index (χ2n) is 16.7. The molecule has 2 unspecified atom stereocenters. The van der Waals surface area contributed by atoms with Gasteiger partial charge in [0.1, 0.15) is 54.4 Å². The number of aliphatic hydroxyl groups is 7. The van der Waals surface area contributed by atoms with Gasteiger partial charge >= 0.3 is 19.9 Å². The summed E-state index contributed by atoms with van der Waals surface area (Å²) in [6, 6.07) is -1.80. The van der Waals surface area contributed by atoms with Crippen molar-refractivity contribution in [3.8, 4) is 0 Å². The zero-order valence-corrected chi connectivity index (χ0v) is 38.8. The van der Waals surface area contributed by atoms with Crippen molar-refractivity contribution < 1.29 is 112 Å². The van der Waals surface area contributed by atoms with Crippen LogP contribution in [0.4, 0.5) is 4.79 Å². The highest BCUT2D eigenvalue weighted by Crippen LogP contribution is 2.48. The molecule has 67 heavy (non-hydrogen) atoms. The van der Waals surface area contributed by atoms with Gasteiger partial charge in [-0.3, -0.25) is 18.6 Å². The number of allylic oxidation sites excluding steroid dienone is 5. The minimum Gasteiger partial charge on any atom is -0.479 e. The minimum atomic E-state index is -5.61. The van der Waals surface area contributed by atoms with Crippen molar-refractivity contribution in [2.24, 2.45) is 11.5 Å². The summed E-state index contributed by atoms with van der Waals surface area (Å²) in [7, 11) is -5.61. The van der Waals surface area contributed by atoms with E-state index in [-0.39, 0.29) is 6.61 Å². The molecule has 3 saturated heterocycles. The van der Waals surface area contributed by atoms with Crippen LogP contribution in [0.1, 0.15) is 67.2 Å². The number of carbonyl (C=O) groups excluding carboxylic acids is 3. The molecule has 0 spiro atoms. The maximum Gasteiger partial charge on any atom is 0.474 e. The van der Waals surface area contributed by atoms with Crippen LogP contribution in [-0.2, 0) is 61.2 Å². The number of ether oxygens (including phenoxy) is 7. The highest BCUT2D eigenvalue weighted by Gasteiger charge is 2.61. The number of rotatable bonds is 24. The van der Waals surface area contributed by atoms with Gasteiger partial charge in [-0.15, -0.1) is 0 Å². The summed E-state index contributed by atoms with van der Waals surface area (Å²) in [5.74, 6) is -3.92. The number of aliphatic hydroxyl groups excluding tert-OH is 6. The lowest BCUT2D eigenvalue weighted by atomic mass is 9.85. The van der Waals surface area contributed by atoms with Gasteiger partial charge in [-0.2, -0.15) is 0 Å². The summed E-state index contributed by atoms with van der Waals surface area (Å²) in [6.07, 6.45) is -20.4. The Morgan fingerprint density at radius 1 is 0.821 bits per heavy atom. The van der Waals surface area contributed by atoms with Gasteiger partial charge in [-0.1, -0.05) is 34.9 Å². The third-order valence-electron chi connectivity index (χ3n) is 10.8. The van der Waals surface area contributed by atoms with Crippen molar-refractivity contribution >= 4 is 31.7 Å². The molecular weight excluding hydrogens is 921 g/mol. The summed E-state index contributed by atoms with van der Waals surface area (Å²) >= 11 is 0. The predicted octanol–water partition coefficient (Wildman–Crippen LogP) is -2.41. The molecule has 17 atom stereocenters. The molecule has 14 N–H and O–H groups in total. The number of nitrogens with one attached hydrogen (secondary N) is 1. The van der Waals surface area contributed by atoms with Gasteiger partial charge in [0.2, 0.25) is 11.8 Å². The molecule has 27 heteroatoms. The summed E-state index contributed by atoms with van der Waals surface area (Å²) in [5, 5.41) is 86.1. The third-order valence-corrected chi connectivity index (χ3v) is 11.8. The van der Waals surface area contributed by atoms with Gasteiger partial charge < -0.3 is 95.7 Å². The zero-order valence-electron chi connectivity index (χ0n) is 37.9. The topological polar surface area (TPSA) is 415 Å². The number of carbonyl (C=O) groups is 4. The number of phosphoric acid groups is 1. The molecule has 0 bridgehead atoms. The second kappa shape index (κ2) is 25.9. The number of nitrogens with two attached hydrogens (primary N) is 2. The molecule has 384 valence electrons. The predicted molar refractivity (Wildman–Crippen MR) is 225 cm³/mol. The highest BCUT2D eigenvalue weighted by molar-refractivity contribution is 7.47. The maximum atomic E-state index is 13.5. The fourth-order valence-electron chi connectivity index (χ4n) is 7.14. The van der Waals surface area contributed by atoms with E-state index >= 15 is 0 Å². The largest absolute Gasteiger partial charge is 0.479 e. The first-order chi connectivity index (χ1) is 31.2. The molecule has 3 fully saturated rings. The van der Waals surface area contributed by atoms with Gasteiger partial charge in [0.25, 0.3) is 0 Å². The van der Waals surface area contributed by atoms with Crippen LogP contribution in [0.2, 0.25) is 0 Å². The smallest absolute Gasteiger partial charge is 0.474 e. The van der Waals surface area contributed by atoms with E-state index < -0.39 is 149 Å². The number of carboxylic acid groups (broad SMARTS) is 1. The van der Waals surface area contributed by atoms with Crippen molar-refractivity contribution in [3.05, 3.63) is 34.9 Å². The van der Waals surface area contributed by atoms with Crippen LogP contribution in [0.25, 0.3) is 0 Å². The number of hydrogen-bond acceptors (Lipinski definition) is 21. The van der Waals surface area contributed by atoms with E-state index in [9.17, 15) is 69.5 Å². The van der Waals surface area contributed by atoms with E-state index in [1.54, 1.807) is 6.08 Å². The molecule has 0 radical (unpaired) electrons. The molecule has 0 aromatic carbocycles. The number of carboxylic acids is 1. The Balaban J connectivity index is 1.87. The van der Waals surface area contributed by atoms with Crippen molar-refractivity contribution in [3.63, 3.8) is 0 Å². The van der Waals surface area contributed by atoms with Crippen molar-refractivity contribution in [1.29, 1.82) is 0 Å². The fraction of sp³-hybridized carbons (Fsp3) is 0.750. The minimum absolute atomic E-state index is 0.249. The molecule has 3 rings (SSSR count). The number of amides is 3. The van der Waals surface area contributed by atoms with Crippen molar-refractivity contribution in [2.75, 3.05) is 26.4 Å². The van der Waals surface area contributed by atoms with Crippen LogP contribution in [0.5, 0.6) is 0 Å². The molecule has 3 heterocycles. The summed E-state index contributed by atoms with van der Waals surface area (Å²) in [6.45, 7) is 6.70. The Labute approximate surface area is 385 Å². The van der Waals surface area contributed by atoms with E-state index in [0.717, 1.165) is 32.3 Å². The maximum absolute atomic E-state index is 13.5. The zero-order chi connectivity index (χ0) is 50.6. The molecule has 0 aliphatic carbocycles. The molecule has 0 aromatic rings. The molecule has 0 aromatic heterocycles. The van der Waals surface area contributed by atoms with Crippen LogP contribution >= 0.6 is 7.82 Å². The van der Waals surface area contributed by atoms with E-state index in [1.165, 1.54) is 11.1 Å². The van der Waals surface area contributed by atoms with Crippen LogP contribution in [0, 0.1) is 0 Å². The SMILES string of the molecule is CC(=O)N[C@H]1[C@H](O[C@H]2[C@@H](OP(=O)(O)OC[C@@H](OC/C=C(/C)CC/C=C(\C)CCC=C(C)C)C(=O)O)O[C@H](C(N)=O)[C@@](C)(O)[C@@H]2OC(N)=O)O[C@H](COC2O[C@H](CO)[C@@H](O)[C@H](O)[C@H]2O)[C@@H](O)[C@@H]1O. The number of aliphatic carboxylic acids is 1. The van der Waals surface area contributed by atoms with Gasteiger partial charge in [0.05, 0.1) is 26.4 Å². The first-order valence-electron chi connectivity index (χ1n) is 21.1. The fourth-order valence-corrected chi connectivity index (χ4v) is 7.96. The second-order valence-corrected chi connectivity index (χ2v) is 18.1. The normalized spacial score (nSPS) is 35.2. The van der Waals surface area contributed by atoms with Crippen LogP contribution in [0.15, 0.2) is 34.9 Å². The summed E-state index contributed by atoms with van der Waals surface area (Å²) in [5.41, 5.74) is 11.3. The highest BCUT2D eigenvalue weighted by atomic mass is 31.2. The quantitative estimate of drug-likeness (QED) is 0.0354. The summed E-state index contributed by atoms with van der Waals surface area (Å²) in [4.78, 5) is 60.1. The number of phosphoric ester groups is 1. The van der Waals surface area contributed by atoms with Gasteiger partial charge in [-0.05, 0) is 60.3 Å². The standard InChI is InChI=1S/C40H66N3O23P/c1-18(2)9-7-10-19(3)11-8-12-20(4)13-14-58-24(35(52)53)17-60-67(56,57)66-38-31(32(65-39(42)54)40(6,55)33(64-38)34(41)51)63-36-25(43-21(5)45)28(48)27(47)23(62-36)16-59-37-30(50)29(49)26(46)22(15-44)61-37/h9,11,13,22-33,36-38,44,46-50,55H,7-8,10,12,14-17H2,1-6H3,(H2,41,51)(H2,42,54)(H,43,45)(H,52,53)(H,56,57)/b19-11+,20-13-/t22-,23-,24-,25-,26-,27-,28-,29+,30-,31-,32-,33-,36+,37?,38-,40+/m1/s1. The molecule has 3 amide bonds. The summed E-state index contributed by atoms with van der Waals surface area (Å²) < 4.78 is 62.1. The van der Waals surface area contributed by atoms with Crippen LogP contribution in [0.3, 0.4) is 0 Å². The Bertz CT molecular complexity index is 1810. The van der Waals surface area contributed by atoms with E-state index in [4.69, 9.17) is 53.7 Å². The first-order valence-corrected chi connectivity index (χ1v) is 22.6. The number of primary amides is 2. The van der Waals surface area contributed by atoms with Gasteiger partial charge in [0.15, 0.2) is 43.3 Å². The van der Waals surface area contributed by atoms with Gasteiger partial charge in [0, 0.05) is 6.92 Å². The Kier molecular flexibility index (Phi) is 22.4. The van der Waals surface area contributed by atoms with Crippen molar-refractivity contribution in [2.45, 2.75) is 165 Å². The third kappa shape index (κ3) is 16.9. The average molecular weight is 988 g/mol. The van der Waals surface area contributed by atoms with E-state index in [0.29, 0.717) is 12.8 Å². The molecule has 3 aliphatic rings. The lowest BCUT2D eigenvalue weighted by Crippen LogP contribution is -2.72. The average Bonchev–Trinajstić information content (AvgIpc) is 3.22. The van der Waals surface area contributed by atoms with E-state index in [2.05, 4.69) is 17.5 Å². The Hall–Kier alpha value is -3.51. The Morgan fingerprint density at radius 3 is 1.99 bits per heavy atom. The van der Waals surface area contributed by atoms with Crippen molar-refractivity contribution in [1.82, 2.24) is 5.32 Å². The monoisotopic (exact) mass is 987 g/mol. The molecular formula is C40H66N3O23P. The lowest BCUT2D eigenvalue weighted by Gasteiger charge is -2.50. The lowest BCUT2D eigenvalue weighted by molar-refractivity contribution is -0.358. The van der Waals surface area contributed by atoms with Gasteiger partial charge in [-0.25, -0.2) is 14.2 Å². The molecule has 3 aliphatic heterocycles. The van der Waals surface area contributed by atoms with Crippen LogP contribution < -0.4 is 16.8 Å². The Morgan fingerprint density at radius 2 is 1.42 bits per heavy atom. The van der Waals surface area contributed by atoms with Crippen LogP contribution in [-0.4, -0.2) is 194 Å². The number of hydrogen-bond donors (Lipinski definition) is 12. The first kappa shape index (κ1) is 57.8. The van der Waals surface area contributed by atoms with E-state index in [1.807, 2.05) is 27.7 Å². The molecule has 26 nitrogen and oxygen atoms in total. The molecule has 0 saturated carbocycles.